The minimum absolute atomic E-state index is 0.0752. The molecular formula is C22H24ClNO5. The van der Waals surface area contributed by atoms with E-state index in [0.29, 0.717) is 49.0 Å². The Labute approximate surface area is 174 Å². The van der Waals surface area contributed by atoms with Gasteiger partial charge in [0.1, 0.15) is 17.1 Å². The topological polar surface area (TPSA) is 79.2 Å². The molecule has 7 heteroatoms. The zero-order valence-corrected chi connectivity index (χ0v) is 17.0. The highest BCUT2D eigenvalue weighted by Gasteiger charge is 2.24. The first-order valence-corrected chi connectivity index (χ1v) is 9.72. The molecule has 0 amide bonds. The van der Waals surface area contributed by atoms with Crippen LogP contribution in [0.1, 0.15) is 27.0 Å². The summed E-state index contributed by atoms with van der Waals surface area (Å²) < 4.78 is 10.7. The van der Waals surface area contributed by atoms with E-state index in [-0.39, 0.29) is 23.7 Å². The van der Waals surface area contributed by atoms with E-state index in [9.17, 15) is 15.0 Å². The molecule has 29 heavy (non-hydrogen) atoms. The number of methoxy groups -OCH3 is 1. The van der Waals surface area contributed by atoms with Crippen LogP contribution < -0.4 is 4.74 Å². The number of halogens is 1. The van der Waals surface area contributed by atoms with Gasteiger partial charge in [-0.2, -0.15) is 0 Å². The summed E-state index contributed by atoms with van der Waals surface area (Å²) in [6.07, 6.45) is 3.01. The van der Waals surface area contributed by atoms with E-state index in [1.165, 1.54) is 13.2 Å². The van der Waals surface area contributed by atoms with Crippen molar-refractivity contribution < 1.29 is 24.5 Å². The van der Waals surface area contributed by atoms with E-state index < -0.39 is 5.78 Å². The number of carbonyl (C=O) groups is 1. The van der Waals surface area contributed by atoms with Gasteiger partial charge in [0.15, 0.2) is 5.78 Å². The van der Waals surface area contributed by atoms with Crippen LogP contribution in [0, 0.1) is 0 Å². The van der Waals surface area contributed by atoms with Crippen molar-refractivity contribution in [3.63, 3.8) is 0 Å². The maximum absolute atomic E-state index is 12.9. The van der Waals surface area contributed by atoms with Crippen molar-refractivity contribution >= 4 is 23.5 Å². The highest BCUT2D eigenvalue weighted by Crippen LogP contribution is 2.36. The number of nitrogens with zero attached hydrogens (tertiary/aromatic N) is 1. The van der Waals surface area contributed by atoms with Crippen molar-refractivity contribution in [2.45, 2.75) is 13.2 Å². The quantitative estimate of drug-likeness (QED) is 0.531. The summed E-state index contributed by atoms with van der Waals surface area (Å²) in [5.74, 6) is -0.342. The Bertz CT molecular complexity index is 906. The molecule has 2 aromatic carbocycles. The van der Waals surface area contributed by atoms with E-state index in [2.05, 4.69) is 4.90 Å². The van der Waals surface area contributed by atoms with Gasteiger partial charge in [-0.1, -0.05) is 29.8 Å². The van der Waals surface area contributed by atoms with Gasteiger partial charge in [0.25, 0.3) is 0 Å². The Morgan fingerprint density at radius 2 is 2.07 bits per heavy atom. The molecule has 0 spiro atoms. The van der Waals surface area contributed by atoms with Gasteiger partial charge in [-0.15, -0.1) is 0 Å². The number of morpholine rings is 1. The van der Waals surface area contributed by atoms with Crippen LogP contribution in [0.25, 0.3) is 6.08 Å². The third kappa shape index (κ3) is 5.16. The van der Waals surface area contributed by atoms with Crippen molar-refractivity contribution in [2.75, 3.05) is 33.4 Å². The van der Waals surface area contributed by atoms with E-state index in [4.69, 9.17) is 21.1 Å². The lowest BCUT2D eigenvalue weighted by Gasteiger charge is -2.28. The summed E-state index contributed by atoms with van der Waals surface area (Å²) in [5.41, 5.74) is 1.90. The Balaban J connectivity index is 1.95. The molecule has 1 aliphatic rings. The number of phenols is 1. The highest BCUT2D eigenvalue weighted by molar-refractivity contribution is 6.30. The second-order valence-electron chi connectivity index (χ2n) is 6.74. The van der Waals surface area contributed by atoms with Crippen molar-refractivity contribution in [2.24, 2.45) is 0 Å². The molecule has 0 radical (unpaired) electrons. The number of carbonyl (C=O) groups excluding carboxylic acids is 1. The first-order valence-electron chi connectivity index (χ1n) is 9.34. The predicted octanol–water partition coefficient (Wildman–Crippen LogP) is 3.27. The SMILES string of the molecule is COc1cc(CO)c(CN2CCOCC2)c(O)c1C(=O)C=Cc1cccc(Cl)c1. The van der Waals surface area contributed by atoms with Gasteiger partial charge in [-0.3, -0.25) is 9.69 Å². The Hall–Kier alpha value is -2.38. The van der Waals surface area contributed by atoms with Gasteiger partial charge in [0.2, 0.25) is 0 Å². The number of rotatable bonds is 7. The van der Waals surface area contributed by atoms with Crippen LogP contribution >= 0.6 is 11.6 Å². The lowest BCUT2D eigenvalue weighted by Crippen LogP contribution is -2.36. The molecule has 0 unspecified atom stereocenters. The smallest absolute Gasteiger partial charge is 0.193 e. The summed E-state index contributed by atoms with van der Waals surface area (Å²) >= 11 is 5.98. The third-order valence-corrected chi connectivity index (χ3v) is 5.10. The second-order valence-corrected chi connectivity index (χ2v) is 7.18. The first kappa shape index (κ1) is 21.3. The summed E-state index contributed by atoms with van der Waals surface area (Å²) in [4.78, 5) is 15.0. The molecule has 6 nitrogen and oxygen atoms in total. The van der Waals surface area contributed by atoms with E-state index >= 15 is 0 Å². The van der Waals surface area contributed by atoms with Gasteiger partial charge < -0.3 is 19.7 Å². The van der Waals surface area contributed by atoms with E-state index in [1.807, 2.05) is 6.07 Å². The number of ketones is 1. The van der Waals surface area contributed by atoms with Crippen LogP contribution in [0.3, 0.4) is 0 Å². The van der Waals surface area contributed by atoms with Crippen LogP contribution in [0.2, 0.25) is 5.02 Å². The van der Waals surface area contributed by atoms with Crippen LogP contribution in [-0.2, 0) is 17.9 Å². The molecule has 2 N–H and O–H groups in total. The Morgan fingerprint density at radius 3 is 2.72 bits per heavy atom. The number of allylic oxidation sites excluding steroid dienone is 1. The zero-order chi connectivity index (χ0) is 20.8. The van der Waals surface area contributed by atoms with Crippen molar-refractivity contribution in [1.82, 2.24) is 4.90 Å². The third-order valence-electron chi connectivity index (χ3n) is 4.86. The average molecular weight is 418 g/mol. The summed E-state index contributed by atoms with van der Waals surface area (Å²) in [5, 5.41) is 21.3. The van der Waals surface area contributed by atoms with Gasteiger partial charge in [0, 0.05) is 30.2 Å². The average Bonchev–Trinajstić information content (AvgIpc) is 2.74. The lowest BCUT2D eigenvalue weighted by molar-refractivity contribution is 0.0336. The molecule has 3 rings (SSSR count). The van der Waals surface area contributed by atoms with Crippen molar-refractivity contribution in [3.8, 4) is 11.5 Å². The molecule has 0 aliphatic carbocycles. The van der Waals surface area contributed by atoms with E-state index in [1.54, 1.807) is 30.3 Å². The van der Waals surface area contributed by atoms with Crippen LogP contribution in [0.5, 0.6) is 11.5 Å². The molecule has 2 aromatic rings. The molecule has 1 heterocycles. The van der Waals surface area contributed by atoms with Crippen LogP contribution in [0.4, 0.5) is 0 Å². The Morgan fingerprint density at radius 1 is 1.31 bits per heavy atom. The fraction of sp³-hybridized carbons (Fsp3) is 0.318. The zero-order valence-electron chi connectivity index (χ0n) is 16.2. The number of phenolic OH excluding ortho intramolecular Hbond substituents is 1. The fourth-order valence-corrected chi connectivity index (χ4v) is 3.50. The number of aliphatic hydroxyl groups is 1. The molecular weight excluding hydrogens is 394 g/mol. The summed E-state index contributed by atoms with van der Waals surface area (Å²) in [7, 11) is 1.43. The summed E-state index contributed by atoms with van der Waals surface area (Å²) in [6.45, 7) is 2.80. The van der Waals surface area contributed by atoms with Crippen LogP contribution in [-0.4, -0.2) is 54.3 Å². The highest BCUT2D eigenvalue weighted by atomic mass is 35.5. The number of aliphatic hydroxyl groups excluding tert-OH is 1. The number of hydrogen-bond acceptors (Lipinski definition) is 6. The maximum atomic E-state index is 12.9. The molecule has 0 atom stereocenters. The van der Waals surface area contributed by atoms with Gasteiger partial charge >= 0.3 is 0 Å². The van der Waals surface area contributed by atoms with Gasteiger partial charge in [0.05, 0.1) is 26.9 Å². The maximum Gasteiger partial charge on any atom is 0.193 e. The number of benzene rings is 2. The molecule has 154 valence electrons. The molecule has 0 bridgehead atoms. The number of aromatic hydroxyl groups is 1. The second kappa shape index (κ2) is 9.89. The van der Waals surface area contributed by atoms with E-state index in [0.717, 1.165) is 5.56 Å². The Kier molecular flexibility index (Phi) is 7.28. The molecule has 0 saturated carbocycles. The molecule has 1 fully saturated rings. The van der Waals surface area contributed by atoms with Crippen molar-refractivity contribution in [3.05, 3.63) is 63.7 Å². The molecule has 0 aromatic heterocycles. The molecule has 1 aliphatic heterocycles. The predicted molar refractivity (Wildman–Crippen MR) is 111 cm³/mol. The summed E-state index contributed by atoms with van der Waals surface area (Å²) in [6, 6.07) is 8.71. The molecule has 1 saturated heterocycles. The van der Waals surface area contributed by atoms with Crippen LogP contribution in [0.15, 0.2) is 36.4 Å². The van der Waals surface area contributed by atoms with Gasteiger partial charge in [-0.25, -0.2) is 0 Å². The number of hydrogen-bond donors (Lipinski definition) is 2. The normalized spacial score (nSPS) is 15.0. The lowest BCUT2D eigenvalue weighted by atomic mass is 9.97. The van der Waals surface area contributed by atoms with Crippen molar-refractivity contribution in [1.29, 1.82) is 0 Å². The standard InChI is InChI=1S/C22H24ClNO5/c1-28-20-12-16(14-25)18(13-24-7-9-29-10-8-24)22(27)21(20)19(26)6-5-15-3-2-4-17(23)11-15/h2-6,11-12,25,27H,7-10,13-14H2,1H3. The monoisotopic (exact) mass is 417 g/mol. The van der Waals surface area contributed by atoms with Gasteiger partial charge in [-0.05, 0) is 35.4 Å². The fourth-order valence-electron chi connectivity index (χ4n) is 3.30. The number of ether oxygens (including phenoxy) is 2. The minimum atomic E-state index is -0.396. The minimum Gasteiger partial charge on any atom is -0.507 e. The largest absolute Gasteiger partial charge is 0.507 e. The first-order chi connectivity index (χ1) is 14.0.